The van der Waals surface area contributed by atoms with Crippen LogP contribution in [0.1, 0.15) is 17.4 Å². The summed E-state index contributed by atoms with van der Waals surface area (Å²) in [6, 6.07) is 1.66. The van der Waals surface area contributed by atoms with E-state index in [0.717, 1.165) is 0 Å². The zero-order chi connectivity index (χ0) is 14.0. The van der Waals surface area contributed by atoms with Crippen molar-refractivity contribution < 1.29 is 14.3 Å². The van der Waals surface area contributed by atoms with Gasteiger partial charge in [-0.3, -0.25) is 14.3 Å². The maximum atomic E-state index is 12.4. The van der Waals surface area contributed by atoms with E-state index < -0.39 is 5.60 Å². The Morgan fingerprint density at radius 2 is 2.26 bits per heavy atom. The second kappa shape index (κ2) is 5.00. The van der Waals surface area contributed by atoms with Gasteiger partial charge in [0.15, 0.2) is 5.60 Å². The molecule has 1 atom stereocenters. The van der Waals surface area contributed by atoms with Crippen molar-refractivity contribution in [3.63, 3.8) is 0 Å². The topological polar surface area (TPSA) is 76.5 Å². The molecule has 0 radical (unpaired) electrons. The van der Waals surface area contributed by atoms with Crippen molar-refractivity contribution in [3.8, 4) is 0 Å². The van der Waals surface area contributed by atoms with Gasteiger partial charge in [0.05, 0.1) is 13.2 Å². The molecule has 0 bridgehead atoms. The summed E-state index contributed by atoms with van der Waals surface area (Å²) < 4.78 is 7.04. The van der Waals surface area contributed by atoms with Crippen LogP contribution < -0.4 is 5.32 Å². The number of nitrogens with zero attached hydrogens (tertiary/aromatic N) is 3. The maximum absolute atomic E-state index is 12.4. The van der Waals surface area contributed by atoms with E-state index in [1.807, 2.05) is 0 Å². The minimum Gasteiger partial charge on any atom is -0.362 e. The maximum Gasteiger partial charge on any atom is 0.272 e. The monoisotopic (exact) mass is 266 g/mol. The molecule has 1 aliphatic rings. The first-order chi connectivity index (χ1) is 8.98. The molecule has 1 fully saturated rings. The molecule has 0 saturated carbocycles. The summed E-state index contributed by atoms with van der Waals surface area (Å²) in [5.74, 6) is -0.367. The van der Waals surface area contributed by atoms with Crippen molar-refractivity contribution in [3.05, 3.63) is 18.0 Å². The second-order valence-corrected chi connectivity index (χ2v) is 4.73. The lowest BCUT2D eigenvalue weighted by molar-refractivity contribution is -0.153. The number of ether oxygens (including phenoxy) is 1. The fourth-order valence-corrected chi connectivity index (χ4v) is 2.19. The van der Waals surface area contributed by atoms with Crippen LogP contribution in [0.4, 0.5) is 0 Å². The van der Waals surface area contributed by atoms with E-state index in [1.54, 1.807) is 38.2 Å². The van der Waals surface area contributed by atoms with E-state index in [-0.39, 0.29) is 18.4 Å². The number of nitrogens with one attached hydrogen (secondary N) is 1. The molecule has 2 heterocycles. The molecule has 2 amide bonds. The molecule has 2 rings (SSSR count). The van der Waals surface area contributed by atoms with E-state index in [1.165, 1.54) is 4.68 Å². The lowest BCUT2D eigenvalue weighted by atomic mass is 10.0. The number of hydrogen-bond acceptors (Lipinski definition) is 4. The predicted octanol–water partition coefficient (Wildman–Crippen LogP) is -0.603. The summed E-state index contributed by atoms with van der Waals surface area (Å²) in [4.78, 5) is 25.8. The van der Waals surface area contributed by atoms with Gasteiger partial charge in [0, 0.05) is 26.8 Å². The highest BCUT2D eigenvalue weighted by atomic mass is 16.5. The highest BCUT2D eigenvalue weighted by Gasteiger charge is 2.40. The van der Waals surface area contributed by atoms with E-state index in [2.05, 4.69) is 10.4 Å². The fourth-order valence-electron chi connectivity index (χ4n) is 2.19. The van der Waals surface area contributed by atoms with Crippen LogP contribution in [0.2, 0.25) is 0 Å². The summed E-state index contributed by atoms with van der Waals surface area (Å²) in [5, 5.41) is 6.54. The standard InChI is InChI=1S/C12H18N4O3/c1-12(11(18)13-2)8-16(6-7-19-12)10(17)9-4-5-14-15(9)3/h4-5H,6-8H2,1-3H3,(H,13,18)/t12-/m1/s1. The Balaban J connectivity index is 2.16. The van der Waals surface area contributed by atoms with E-state index in [4.69, 9.17) is 4.74 Å². The molecule has 1 N–H and O–H groups in total. The fraction of sp³-hybridized carbons (Fsp3) is 0.583. The first kappa shape index (κ1) is 13.5. The summed E-state index contributed by atoms with van der Waals surface area (Å²) >= 11 is 0. The number of amides is 2. The molecule has 1 aromatic rings. The van der Waals surface area contributed by atoms with Crippen LogP contribution in [0.25, 0.3) is 0 Å². The van der Waals surface area contributed by atoms with Gasteiger partial charge in [0.2, 0.25) is 0 Å². The number of rotatable bonds is 2. The molecule has 7 nitrogen and oxygen atoms in total. The van der Waals surface area contributed by atoms with Gasteiger partial charge in [-0.1, -0.05) is 0 Å². The van der Waals surface area contributed by atoms with Crippen LogP contribution in [0.5, 0.6) is 0 Å². The Kier molecular flexibility index (Phi) is 3.57. The molecule has 19 heavy (non-hydrogen) atoms. The summed E-state index contributed by atoms with van der Waals surface area (Å²) in [5.41, 5.74) is -0.498. The van der Waals surface area contributed by atoms with E-state index in [9.17, 15) is 9.59 Å². The van der Waals surface area contributed by atoms with Gasteiger partial charge in [-0.2, -0.15) is 5.10 Å². The molecule has 7 heteroatoms. The highest BCUT2D eigenvalue weighted by molar-refractivity contribution is 5.93. The Hall–Kier alpha value is -1.89. The van der Waals surface area contributed by atoms with Gasteiger partial charge in [0.1, 0.15) is 5.69 Å². The Morgan fingerprint density at radius 1 is 1.53 bits per heavy atom. The van der Waals surface area contributed by atoms with Gasteiger partial charge in [0.25, 0.3) is 11.8 Å². The van der Waals surface area contributed by atoms with Crippen molar-refractivity contribution in [1.82, 2.24) is 20.0 Å². The van der Waals surface area contributed by atoms with Gasteiger partial charge >= 0.3 is 0 Å². The Morgan fingerprint density at radius 3 is 2.84 bits per heavy atom. The Labute approximate surface area is 111 Å². The SMILES string of the molecule is CNC(=O)[C@@]1(C)CN(C(=O)c2ccnn2C)CCO1. The molecule has 1 aliphatic heterocycles. The van der Waals surface area contributed by atoms with Gasteiger partial charge in [-0.25, -0.2) is 0 Å². The van der Waals surface area contributed by atoms with Gasteiger partial charge in [-0.05, 0) is 13.0 Å². The molecule has 104 valence electrons. The van der Waals surface area contributed by atoms with Crippen LogP contribution in [0.15, 0.2) is 12.3 Å². The zero-order valence-corrected chi connectivity index (χ0v) is 11.3. The zero-order valence-electron chi connectivity index (χ0n) is 11.3. The van der Waals surface area contributed by atoms with Crippen molar-refractivity contribution in [1.29, 1.82) is 0 Å². The summed E-state index contributed by atoms with van der Waals surface area (Å²) in [6.07, 6.45) is 1.58. The number of aryl methyl sites for hydroxylation is 1. The number of likely N-dealkylation sites (N-methyl/N-ethyl adjacent to an activating group) is 1. The number of hydrogen-bond donors (Lipinski definition) is 1. The number of aromatic nitrogens is 2. The number of carbonyl (C=O) groups excluding carboxylic acids is 2. The predicted molar refractivity (Wildman–Crippen MR) is 67.5 cm³/mol. The van der Waals surface area contributed by atoms with Crippen molar-refractivity contribution in [2.45, 2.75) is 12.5 Å². The average molecular weight is 266 g/mol. The lowest BCUT2D eigenvalue weighted by Gasteiger charge is -2.38. The van der Waals surface area contributed by atoms with Crippen molar-refractivity contribution in [2.24, 2.45) is 7.05 Å². The molecular weight excluding hydrogens is 248 g/mol. The quantitative estimate of drug-likeness (QED) is 0.775. The van der Waals surface area contributed by atoms with Crippen LogP contribution in [0, 0.1) is 0 Å². The summed E-state index contributed by atoms with van der Waals surface area (Å²) in [7, 11) is 3.27. The van der Waals surface area contributed by atoms with Crippen molar-refractivity contribution >= 4 is 11.8 Å². The first-order valence-electron chi connectivity index (χ1n) is 6.11. The molecule has 0 aromatic carbocycles. The molecule has 1 aromatic heterocycles. The van der Waals surface area contributed by atoms with Crippen LogP contribution in [0.3, 0.4) is 0 Å². The first-order valence-corrected chi connectivity index (χ1v) is 6.11. The normalized spacial score (nSPS) is 23.2. The van der Waals surface area contributed by atoms with Gasteiger partial charge < -0.3 is 15.0 Å². The smallest absolute Gasteiger partial charge is 0.272 e. The number of carbonyl (C=O) groups is 2. The molecular formula is C12H18N4O3. The average Bonchev–Trinajstić information content (AvgIpc) is 2.83. The third-order valence-corrected chi connectivity index (χ3v) is 3.31. The third-order valence-electron chi connectivity index (χ3n) is 3.31. The second-order valence-electron chi connectivity index (χ2n) is 4.73. The minimum atomic E-state index is -0.999. The molecule has 0 unspecified atom stereocenters. The van der Waals surface area contributed by atoms with Crippen LogP contribution in [-0.4, -0.2) is 58.8 Å². The summed E-state index contributed by atoms with van der Waals surface area (Å²) in [6.45, 7) is 2.73. The highest BCUT2D eigenvalue weighted by Crippen LogP contribution is 2.19. The van der Waals surface area contributed by atoms with Crippen LogP contribution >= 0.6 is 0 Å². The molecule has 0 aliphatic carbocycles. The Bertz CT molecular complexity index is 499. The lowest BCUT2D eigenvalue weighted by Crippen LogP contribution is -2.59. The van der Waals surface area contributed by atoms with Crippen LogP contribution in [-0.2, 0) is 16.6 Å². The number of morpholine rings is 1. The minimum absolute atomic E-state index is 0.140. The van der Waals surface area contributed by atoms with Crippen molar-refractivity contribution in [2.75, 3.05) is 26.7 Å². The van der Waals surface area contributed by atoms with E-state index >= 15 is 0 Å². The van der Waals surface area contributed by atoms with Gasteiger partial charge in [-0.15, -0.1) is 0 Å². The molecule has 1 saturated heterocycles. The molecule has 0 spiro atoms. The largest absolute Gasteiger partial charge is 0.362 e. The third kappa shape index (κ3) is 2.46. The van der Waals surface area contributed by atoms with E-state index in [0.29, 0.717) is 18.8 Å².